The third-order valence-electron chi connectivity index (χ3n) is 4.53. The van der Waals surface area contributed by atoms with E-state index in [2.05, 4.69) is 12.1 Å². The number of Topliss-reactive ketones (excluding diaryl/α,β-unsaturated/α-hetero) is 1. The van der Waals surface area contributed by atoms with Gasteiger partial charge < -0.3 is 9.47 Å². The van der Waals surface area contributed by atoms with Crippen LogP contribution in [0, 0.1) is 6.92 Å². The molecule has 0 amide bonds. The summed E-state index contributed by atoms with van der Waals surface area (Å²) in [5.41, 5.74) is 2.96. The number of aryl methyl sites for hydroxylation is 1. The number of fused-ring (bicyclic) bond motifs is 1. The second kappa shape index (κ2) is 7.89. The first-order valence-corrected chi connectivity index (χ1v) is 9.78. The lowest BCUT2D eigenvalue weighted by molar-refractivity contribution is 0.0982. The van der Waals surface area contributed by atoms with Gasteiger partial charge in [-0.2, -0.15) is 0 Å². The Labute approximate surface area is 163 Å². The highest BCUT2D eigenvalue weighted by molar-refractivity contribution is 7.99. The minimum Gasteiger partial charge on any atom is -0.454 e. The van der Waals surface area contributed by atoms with Crippen molar-refractivity contribution in [2.75, 3.05) is 6.79 Å². The van der Waals surface area contributed by atoms with Crippen molar-refractivity contribution in [3.8, 4) is 11.5 Å². The number of hydrogen-bond donors (Lipinski definition) is 0. The zero-order valence-electron chi connectivity index (χ0n) is 15.1. The first kappa shape index (κ1) is 17.7. The summed E-state index contributed by atoms with van der Waals surface area (Å²) in [5, 5.41) is -0.00398. The molecule has 0 unspecified atom stereocenters. The monoisotopic (exact) mass is 376 g/mol. The van der Waals surface area contributed by atoms with E-state index in [-0.39, 0.29) is 17.8 Å². The lowest BCUT2D eigenvalue weighted by Gasteiger charge is -2.17. The molecule has 136 valence electrons. The van der Waals surface area contributed by atoms with Gasteiger partial charge in [-0.3, -0.25) is 4.79 Å². The zero-order chi connectivity index (χ0) is 18.6. The fraction of sp³-hybridized carbons (Fsp3) is 0.174. The normalized spacial score (nSPS) is 13.4. The van der Waals surface area contributed by atoms with Gasteiger partial charge in [0.25, 0.3) is 0 Å². The third kappa shape index (κ3) is 4.17. The van der Waals surface area contributed by atoms with E-state index >= 15 is 0 Å². The molecule has 0 saturated carbocycles. The Bertz CT molecular complexity index is 936. The first-order valence-electron chi connectivity index (χ1n) is 8.90. The lowest BCUT2D eigenvalue weighted by atomic mass is 10.0. The molecule has 4 rings (SSSR count). The van der Waals surface area contributed by atoms with Crippen LogP contribution in [-0.4, -0.2) is 12.6 Å². The molecular formula is C23H20O3S. The molecule has 1 heterocycles. The summed E-state index contributed by atoms with van der Waals surface area (Å²) in [6.07, 6.45) is 0.419. The molecule has 0 aromatic heterocycles. The lowest BCUT2D eigenvalue weighted by Crippen LogP contribution is -2.05. The summed E-state index contributed by atoms with van der Waals surface area (Å²) < 4.78 is 10.9. The van der Waals surface area contributed by atoms with Gasteiger partial charge in [0, 0.05) is 22.1 Å². The van der Waals surface area contributed by atoms with Crippen LogP contribution >= 0.6 is 11.8 Å². The fourth-order valence-electron chi connectivity index (χ4n) is 3.03. The largest absolute Gasteiger partial charge is 0.454 e. The number of ketones is 1. The summed E-state index contributed by atoms with van der Waals surface area (Å²) in [5.74, 6) is 1.64. The Morgan fingerprint density at radius 1 is 0.963 bits per heavy atom. The van der Waals surface area contributed by atoms with Gasteiger partial charge in [0.1, 0.15) is 0 Å². The van der Waals surface area contributed by atoms with Crippen molar-refractivity contribution in [1.29, 1.82) is 0 Å². The molecule has 3 aromatic carbocycles. The number of carbonyl (C=O) groups is 1. The van der Waals surface area contributed by atoms with Gasteiger partial charge in [0.2, 0.25) is 6.79 Å². The SMILES string of the molecule is Cc1ccc(C(=O)C[C@H](Sc2ccccc2)c2ccc3c(c2)OCO3)cc1. The molecule has 27 heavy (non-hydrogen) atoms. The maximum Gasteiger partial charge on any atom is 0.231 e. The molecule has 1 aliphatic heterocycles. The van der Waals surface area contributed by atoms with Crippen molar-refractivity contribution < 1.29 is 14.3 Å². The summed E-state index contributed by atoms with van der Waals surface area (Å²) in [4.78, 5) is 14.0. The van der Waals surface area contributed by atoms with E-state index in [1.165, 1.54) is 0 Å². The number of rotatable bonds is 6. The highest BCUT2D eigenvalue weighted by Gasteiger charge is 2.22. The molecule has 3 nitrogen and oxygen atoms in total. The van der Waals surface area contributed by atoms with E-state index in [4.69, 9.17) is 9.47 Å². The molecule has 0 spiro atoms. The highest BCUT2D eigenvalue weighted by atomic mass is 32.2. The minimum absolute atomic E-state index is 0.00398. The van der Waals surface area contributed by atoms with Crippen LogP contribution in [0.4, 0.5) is 0 Å². The molecule has 3 aromatic rings. The van der Waals surface area contributed by atoms with Crippen LogP contribution < -0.4 is 9.47 Å². The molecule has 1 atom stereocenters. The van der Waals surface area contributed by atoms with E-state index in [1.807, 2.05) is 67.6 Å². The summed E-state index contributed by atoms with van der Waals surface area (Å²) >= 11 is 1.70. The van der Waals surface area contributed by atoms with Gasteiger partial charge >= 0.3 is 0 Å². The fourth-order valence-corrected chi connectivity index (χ4v) is 4.19. The summed E-state index contributed by atoms with van der Waals surface area (Å²) in [6, 6.07) is 23.9. The van der Waals surface area contributed by atoms with E-state index in [0.717, 1.165) is 33.1 Å². The molecule has 0 N–H and O–H groups in total. The van der Waals surface area contributed by atoms with Crippen molar-refractivity contribution in [3.05, 3.63) is 89.5 Å². The predicted molar refractivity (Wildman–Crippen MR) is 108 cm³/mol. The molecule has 0 radical (unpaired) electrons. The highest BCUT2D eigenvalue weighted by Crippen LogP contribution is 2.42. The number of carbonyl (C=O) groups excluding carboxylic acids is 1. The van der Waals surface area contributed by atoms with Crippen LogP contribution in [-0.2, 0) is 0 Å². The maximum absolute atomic E-state index is 12.9. The van der Waals surface area contributed by atoms with Crippen LogP contribution in [0.3, 0.4) is 0 Å². The van der Waals surface area contributed by atoms with Crippen molar-refractivity contribution in [3.63, 3.8) is 0 Å². The molecule has 0 aliphatic carbocycles. The van der Waals surface area contributed by atoms with Crippen LogP contribution in [0.15, 0.2) is 77.7 Å². The Balaban J connectivity index is 1.61. The average Bonchev–Trinajstić information content (AvgIpc) is 3.16. The zero-order valence-corrected chi connectivity index (χ0v) is 15.9. The van der Waals surface area contributed by atoms with Gasteiger partial charge in [0.15, 0.2) is 17.3 Å². The van der Waals surface area contributed by atoms with Crippen LogP contribution in [0.1, 0.15) is 33.2 Å². The predicted octanol–water partition coefficient (Wildman–Crippen LogP) is 5.83. The molecule has 4 heteroatoms. The second-order valence-corrected chi connectivity index (χ2v) is 7.80. The smallest absolute Gasteiger partial charge is 0.231 e. The Hall–Kier alpha value is -2.72. The Morgan fingerprint density at radius 2 is 1.70 bits per heavy atom. The van der Waals surface area contributed by atoms with Crippen LogP contribution in [0.2, 0.25) is 0 Å². The van der Waals surface area contributed by atoms with E-state index in [0.29, 0.717) is 6.42 Å². The molecule has 0 saturated heterocycles. The quantitative estimate of drug-likeness (QED) is 0.400. The number of thioether (sulfide) groups is 1. The van der Waals surface area contributed by atoms with Gasteiger partial charge in [0.05, 0.1) is 0 Å². The van der Waals surface area contributed by atoms with Gasteiger partial charge in [-0.25, -0.2) is 0 Å². The average molecular weight is 376 g/mol. The van der Waals surface area contributed by atoms with Crippen molar-refractivity contribution >= 4 is 17.5 Å². The van der Waals surface area contributed by atoms with Crippen molar-refractivity contribution in [2.45, 2.75) is 23.5 Å². The van der Waals surface area contributed by atoms with Gasteiger partial charge in [-0.15, -0.1) is 11.8 Å². The standard InChI is InChI=1S/C23H20O3S/c1-16-7-9-17(10-8-16)20(24)14-23(27-19-5-3-2-4-6-19)18-11-12-21-22(13-18)26-15-25-21/h2-13,23H,14-15H2,1H3/t23-/m0/s1. The Morgan fingerprint density at radius 3 is 2.48 bits per heavy atom. The summed E-state index contributed by atoms with van der Waals surface area (Å²) in [7, 11) is 0. The van der Waals surface area contributed by atoms with Crippen molar-refractivity contribution in [1.82, 2.24) is 0 Å². The van der Waals surface area contributed by atoms with Gasteiger partial charge in [-0.05, 0) is 36.8 Å². The van der Waals surface area contributed by atoms with Crippen molar-refractivity contribution in [2.24, 2.45) is 0 Å². The Kier molecular flexibility index (Phi) is 5.16. The second-order valence-electron chi connectivity index (χ2n) is 6.53. The van der Waals surface area contributed by atoms with E-state index in [9.17, 15) is 4.79 Å². The molecule has 0 bridgehead atoms. The van der Waals surface area contributed by atoms with E-state index in [1.54, 1.807) is 11.8 Å². The molecular weight excluding hydrogens is 356 g/mol. The summed E-state index contributed by atoms with van der Waals surface area (Å²) in [6.45, 7) is 2.27. The maximum atomic E-state index is 12.9. The number of ether oxygens (including phenoxy) is 2. The van der Waals surface area contributed by atoms with Crippen LogP contribution in [0.25, 0.3) is 0 Å². The molecule has 0 fully saturated rings. The number of benzene rings is 3. The van der Waals surface area contributed by atoms with Gasteiger partial charge in [-0.1, -0.05) is 54.1 Å². The number of hydrogen-bond acceptors (Lipinski definition) is 4. The minimum atomic E-state index is -0.00398. The van der Waals surface area contributed by atoms with Crippen LogP contribution in [0.5, 0.6) is 11.5 Å². The molecule has 1 aliphatic rings. The first-order chi connectivity index (χ1) is 13.2. The topological polar surface area (TPSA) is 35.5 Å². The third-order valence-corrected chi connectivity index (χ3v) is 5.80. The van der Waals surface area contributed by atoms with E-state index < -0.39 is 0 Å².